The summed E-state index contributed by atoms with van der Waals surface area (Å²) in [6, 6.07) is 14.0. The Morgan fingerprint density at radius 1 is 1.17 bits per heavy atom. The van der Waals surface area contributed by atoms with Crippen molar-refractivity contribution in [3.05, 3.63) is 73.9 Å². The lowest BCUT2D eigenvalue weighted by molar-refractivity contribution is 0.0928. The van der Waals surface area contributed by atoms with Gasteiger partial charge in [-0.2, -0.15) is 0 Å². The highest BCUT2D eigenvalue weighted by Crippen LogP contribution is 2.20. The molecule has 2 aromatic carbocycles. The first-order valence-corrected chi connectivity index (χ1v) is 8.22. The average Bonchev–Trinajstić information content (AvgIpc) is 3.00. The van der Waals surface area contributed by atoms with Gasteiger partial charge in [0.2, 0.25) is 0 Å². The van der Waals surface area contributed by atoms with Crippen LogP contribution in [0.4, 0.5) is 0 Å². The molecule has 2 aromatic heterocycles. The molecule has 0 unspecified atom stereocenters. The largest absolute Gasteiger partial charge is 0.451 e. The molecule has 0 spiro atoms. The molecule has 0 saturated heterocycles. The third-order valence-corrected chi connectivity index (χ3v) is 4.48. The van der Waals surface area contributed by atoms with Crippen molar-refractivity contribution in [2.45, 2.75) is 0 Å². The number of aromatic amines is 1. The molecule has 0 aliphatic carbocycles. The Labute approximate surface area is 148 Å². The van der Waals surface area contributed by atoms with Gasteiger partial charge in [-0.15, -0.1) is 0 Å². The standard InChI is InChI=1S/C17H9BrN2O3S/c18-10-5-6-12-11(8-10)15(21)20(17(24)19-12)16(22)14-7-9-3-1-2-4-13(9)23-14/h1-8H,(H,19,24). The minimum absolute atomic E-state index is 0.0280. The number of hydrogen-bond donors (Lipinski definition) is 1. The van der Waals surface area contributed by atoms with Crippen molar-refractivity contribution in [1.82, 2.24) is 9.55 Å². The monoisotopic (exact) mass is 400 g/mol. The summed E-state index contributed by atoms with van der Waals surface area (Å²) < 4.78 is 7.23. The topological polar surface area (TPSA) is 68.0 Å². The first-order chi connectivity index (χ1) is 11.5. The number of nitrogens with one attached hydrogen (secondary N) is 1. The zero-order chi connectivity index (χ0) is 16.8. The maximum absolute atomic E-state index is 12.8. The van der Waals surface area contributed by atoms with Gasteiger partial charge < -0.3 is 9.40 Å². The summed E-state index contributed by atoms with van der Waals surface area (Å²) in [5.41, 5.74) is 0.662. The fourth-order valence-electron chi connectivity index (χ4n) is 2.57. The van der Waals surface area contributed by atoms with Gasteiger partial charge in [-0.05, 0) is 42.5 Å². The van der Waals surface area contributed by atoms with Crippen LogP contribution in [0.25, 0.3) is 21.9 Å². The molecule has 0 radical (unpaired) electrons. The maximum atomic E-state index is 12.8. The van der Waals surface area contributed by atoms with E-state index in [9.17, 15) is 9.59 Å². The first-order valence-electron chi connectivity index (χ1n) is 7.02. The van der Waals surface area contributed by atoms with E-state index in [4.69, 9.17) is 16.6 Å². The number of rotatable bonds is 1. The molecular weight excluding hydrogens is 392 g/mol. The van der Waals surface area contributed by atoms with Gasteiger partial charge in [0.25, 0.3) is 5.56 Å². The predicted molar refractivity (Wildman–Crippen MR) is 97.0 cm³/mol. The zero-order valence-electron chi connectivity index (χ0n) is 12.1. The van der Waals surface area contributed by atoms with E-state index in [1.54, 1.807) is 30.3 Å². The lowest BCUT2D eigenvalue weighted by Gasteiger charge is -2.05. The van der Waals surface area contributed by atoms with Gasteiger partial charge in [0.15, 0.2) is 10.5 Å². The van der Waals surface area contributed by atoms with Crippen molar-refractivity contribution in [2.24, 2.45) is 0 Å². The molecule has 0 amide bonds. The third kappa shape index (κ3) is 2.33. The number of aromatic nitrogens is 2. The Morgan fingerprint density at radius 2 is 1.96 bits per heavy atom. The van der Waals surface area contributed by atoms with E-state index in [0.29, 0.717) is 16.5 Å². The molecule has 1 N–H and O–H groups in total. The molecule has 4 rings (SSSR count). The molecule has 24 heavy (non-hydrogen) atoms. The number of H-pyrrole nitrogens is 1. The summed E-state index contributed by atoms with van der Waals surface area (Å²) in [5, 5.41) is 1.15. The fraction of sp³-hybridized carbons (Fsp3) is 0. The number of furan rings is 1. The van der Waals surface area contributed by atoms with Gasteiger partial charge in [0.05, 0.1) is 10.9 Å². The third-order valence-electron chi connectivity index (χ3n) is 3.70. The molecular formula is C17H9BrN2O3S. The second-order valence-corrected chi connectivity index (χ2v) is 6.52. The van der Waals surface area contributed by atoms with Crippen LogP contribution in [0.2, 0.25) is 0 Å². The minimum Gasteiger partial charge on any atom is -0.451 e. The fourth-order valence-corrected chi connectivity index (χ4v) is 3.20. The normalized spacial score (nSPS) is 11.2. The van der Waals surface area contributed by atoms with Crippen molar-refractivity contribution in [3.63, 3.8) is 0 Å². The molecule has 4 aromatic rings. The van der Waals surface area contributed by atoms with Gasteiger partial charge in [-0.1, -0.05) is 34.1 Å². The van der Waals surface area contributed by atoms with E-state index < -0.39 is 11.5 Å². The summed E-state index contributed by atoms with van der Waals surface area (Å²) in [5.74, 6) is -0.536. The number of carbonyl (C=O) groups excluding carboxylic acids is 1. The van der Waals surface area contributed by atoms with E-state index >= 15 is 0 Å². The number of fused-ring (bicyclic) bond motifs is 2. The van der Waals surface area contributed by atoms with Gasteiger partial charge in [0, 0.05) is 9.86 Å². The molecule has 7 heteroatoms. The van der Waals surface area contributed by atoms with Crippen LogP contribution in [0.1, 0.15) is 10.6 Å². The number of nitrogens with zero attached hydrogens (tertiary/aromatic N) is 1. The average molecular weight is 401 g/mol. The molecule has 5 nitrogen and oxygen atoms in total. The number of halogens is 1. The van der Waals surface area contributed by atoms with Crippen LogP contribution in [0.5, 0.6) is 0 Å². The highest BCUT2D eigenvalue weighted by molar-refractivity contribution is 9.10. The zero-order valence-corrected chi connectivity index (χ0v) is 14.5. The molecule has 0 aliphatic rings. The summed E-state index contributed by atoms with van der Waals surface area (Å²) in [4.78, 5) is 28.4. The van der Waals surface area contributed by atoms with Crippen molar-refractivity contribution in [2.75, 3.05) is 0 Å². The number of para-hydroxylation sites is 1. The molecule has 0 saturated carbocycles. The second kappa shape index (κ2) is 5.54. The molecule has 0 aliphatic heterocycles. The van der Waals surface area contributed by atoms with E-state index in [-0.39, 0.29) is 10.5 Å². The van der Waals surface area contributed by atoms with Crippen molar-refractivity contribution in [1.29, 1.82) is 0 Å². The summed E-state index contributed by atoms with van der Waals surface area (Å²) in [7, 11) is 0. The molecule has 0 atom stereocenters. The van der Waals surface area contributed by atoms with Crippen LogP contribution in [-0.4, -0.2) is 15.5 Å². The van der Waals surface area contributed by atoms with Crippen LogP contribution < -0.4 is 5.56 Å². The van der Waals surface area contributed by atoms with E-state index in [1.807, 2.05) is 18.2 Å². The van der Waals surface area contributed by atoms with E-state index in [0.717, 1.165) is 14.4 Å². The number of benzene rings is 2. The SMILES string of the molecule is O=C(c1cc2ccccc2o1)n1c(=S)[nH]c2ccc(Br)cc2c1=O. The predicted octanol–water partition coefficient (Wildman–Crippen LogP) is 4.26. The molecule has 0 fully saturated rings. The van der Waals surface area contributed by atoms with E-state index in [2.05, 4.69) is 20.9 Å². The second-order valence-electron chi connectivity index (χ2n) is 5.21. The Hall–Kier alpha value is -2.51. The van der Waals surface area contributed by atoms with Crippen LogP contribution in [0.3, 0.4) is 0 Å². The highest BCUT2D eigenvalue weighted by Gasteiger charge is 2.18. The number of hydrogen-bond acceptors (Lipinski definition) is 4. The van der Waals surface area contributed by atoms with Gasteiger partial charge in [-0.25, -0.2) is 4.57 Å². The van der Waals surface area contributed by atoms with Crippen molar-refractivity contribution in [3.8, 4) is 0 Å². The van der Waals surface area contributed by atoms with E-state index in [1.165, 1.54) is 0 Å². The Morgan fingerprint density at radius 3 is 2.75 bits per heavy atom. The van der Waals surface area contributed by atoms with Gasteiger partial charge >= 0.3 is 5.91 Å². The quantitative estimate of drug-likeness (QED) is 0.484. The number of carbonyl (C=O) groups is 1. The minimum atomic E-state index is -0.598. The van der Waals surface area contributed by atoms with Crippen LogP contribution in [-0.2, 0) is 0 Å². The molecule has 118 valence electrons. The van der Waals surface area contributed by atoms with Gasteiger partial charge in [0.1, 0.15) is 5.58 Å². The molecule has 0 bridgehead atoms. The molecule has 2 heterocycles. The summed E-state index contributed by atoms with van der Waals surface area (Å²) in [6.07, 6.45) is 0. The summed E-state index contributed by atoms with van der Waals surface area (Å²) >= 11 is 8.51. The van der Waals surface area contributed by atoms with Crippen LogP contribution in [0, 0.1) is 4.77 Å². The lowest BCUT2D eigenvalue weighted by Crippen LogP contribution is -2.28. The first kappa shape index (κ1) is 15.0. The Kier molecular flexibility index (Phi) is 3.47. The van der Waals surface area contributed by atoms with Crippen LogP contribution >= 0.6 is 28.1 Å². The van der Waals surface area contributed by atoms with Gasteiger partial charge in [-0.3, -0.25) is 9.59 Å². The summed E-state index contributed by atoms with van der Waals surface area (Å²) in [6.45, 7) is 0. The smallest absolute Gasteiger partial charge is 0.302 e. The lowest BCUT2D eigenvalue weighted by atomic mass is 10.2. The highest BCUT2D eigenvalue weighted by atomic mass is 79.9. The Balaban J connectivity index is 1.96. The maximum Gasteiger partial charge on any atom is 0.302 e. The Bertz CT molecular complexity index is 1200. The van der Waals surface area contributed by atoms with Crippen molar-refractivity contribution >= 4 is 55.9 Å². The van der Waals surface area contributed by atoms with Crippen molar-refractivity contribution < 1.29 is 9.21 Å². The van der Waals surface area contributed by atoms with Crippen LogP contribution in [0.15, 0.2) is 62.2 Å².